The van der Waals surface area contributed by atoms with E-state index in [1.165, 1.54) is 24.0 Å². The summed E-state index contributed by atoms with van der Waals surface area (Å²) in [5.74, 6) is 2.14. The Morgan fingerprint density at radius 2 is 1.61 bits per heavy atom. The van der Waals surface area contributed by atoms with Crippen LogP contribution in [-0.4, -0.2) is 60.0 Å². The quantitative estimate of drug-likeness (QED) is 0.507. The normalized spacial score (nSPS) is 16.8. The summed E-state index contributed by atoms with van der Waals surface area (Å²) in [6.45, 7) is 6.59. The molecule has 0 spiro atoms. The van der Waals surface area contributed by atoms with E-state index in [4.69, 9.17) is 4.74 Å². The van der Waals surface area contributed by atoms with Crippen LogP contribution in [0.5, 0.6) is 11.6 Å². The zero-order chi connectivity index (χ0) is 24.9. The Labute approximate surface area is 211 Å². The number of nitrogens with zero attached hydrogens (tertiary/aromatic N) is 5. The van der Waals surface area contributed by atoms with Gasteiger partial charge in [0, 0.05) is 56.9 Å². The van der Waals surface area contributed by atoms with Gasteiger partial charge in [0.2, 0.25) is 11.8 Å². The van der Waals surface area contributed by atoms with Crippen molar-refractivity contribution in [3.63, 3.8) is 0 Å². The molecule has 3 heterocycles. The molecule has 1 amide bonds. The maximum Gasteiger partial charge on any atom is 0.225 e. The van der Waals surface area contributed by atoms with Crippen molar-refractivity contribution in [3.05, 3.63) is 72.3 Å². The first-order chi connectivity index (χ1) is 17.6. The molecule has 0 radical (unpaired) electrons. The van der Waals surface area contributed by atoms with Gasteiger partial charge in [0.05, 0.1) is 0 Å². The number of benzene rings is 2. The van der Waals surface area contributed by atoms with Crippen LogP contribution in [0.3, 0.4) is 0 Å². The highest BCUT2D eigenvalue weighted by atomic mass is 19.1. The SMILES string of the molecule is CCc1ccc(Oc2cc(N3CCC(C(=O)N4CCN(c5ccc(F)cc5)CC4)CC3)ncn2)cc1. The number of ether oxygens (including phenoxy) is 1. The van der Waals surface area contributed by atoms with Crippen LogP contribution in [0, 0.1) is 11.7 Å². The molecule has 0 bridgehead atoms. The smallest absolute Gasteiger partial charge is 0.225 e. The Kier molecular flexibility index (Phi) is 7.30. The van der Waals surface area contributed by atoms with Gasteiger partial charge in [-0.1, -0.05) is 19.1 Å². The van der Waals surface area contributed by atoms with Crippen molar-refractivity contribution in [2.75, 3.05) is 49.1 Å². The number of aryl methyl sites for hydroxylation is 1. The van der Waals surface area contributed by atoms with E-state index in [1.807, 2.05) is 23.1 Å². The first kappa shape index (κ1) is 24.0. The first-order valence-corrected chi connectivity index (χ1v) is 12.7. The number of piperazine rings is 1. The molecular formula is C28H32FN5O2. The van der Waals surface area contributed by atoms with E-state index in [0.717, 1.165) is 62.7 Å². The van der Waals surface area contributed by atoms with Crippen LogP contribution in [0.4, 0.5) is 15.9 Å². The van der Waals surface area contributed by atoms with Gasteiger partial charge < -0.3 is 19.4 Å². The fourth-order valence-corrected chi connectivity index (χ4v) is 4.92. The van der Waals surface area contributed by atoms with Gasteiger partial charge in [-0.3, -0.25) is 4.79 Å². The van der Waals surface area contributed by atoms with Gasteiger partial charge in [-0.25, -0.2) is 14.4 Å². The van der Waals surface area contributed by atoms with E-state index in [9.17, 15) is 9.18 Å². The second-order valence-corrected chi connectivity index (χ2v) is 9.36. The average Bonchev–Trinajstić information content (AvgIpc) is 2.94. The number of carbonyl (C=O) groups is 1. The maximum absolute atomic E-state index is 13.2. The number of aromatic nitrogens is 2. The van der Waals surface area contributed by atoms with E-state index in [2.05, 4.69) is 38.8 Å². The zero-order valence-electron chi connectivity index (χ0n) is 20.6. The van der Waals surface area contributed by atoms with Gasteiger partial charge in [0.1, 0.15) is 23.7 Å². The molecule has 2 aliphatic heterocycles. The molecule has 0 aliphatic carbocycles. The predicted molar refractivity (Wildman–Crippen MR) is 138 cm³/mol. The molecule has 2 saturated heterocycles. The molecular weight excluding hydrogens is 457 g/mol. The second-order valence-electron chi connectivity index (χ2n) is 9.36. The van der Waals surface area contributed by atoms with Crippen LogP contribution in [0.15, 0.2) is 60.9 Å². The van der Waals surface area contributed by atoms with Gasteiger partial charge in [-0.2, -0.15) is 0 Å². The highest BCUT2D eigenvalue weighted by molar-refractivity contribution is 5.79. The van der Waals surface area contributed by atoms with Crippen LogP contribution in [0.1, 0.15) is 25.3 Å². The molecule has 1 aromatic heterocycles. The van der Waals surface area contributed by atoms with Crippen molar-refractivity contribution < 1.29 is 13.9 Å². The number of hydrogen-bond donors (Lipinski definition) is 0. The lowest BCUT2D eigenvalue weighted by Gasteiger charge is -2.39. The summed E-state index contributed by atoms with van der Waals surface area (Å²) >= 11 is 0. The lowest BCUT2D eigenvalue weighted by atomic mass is 9.95. The Morgan fingerprint density at radius 3 is 2.28 bits per heavy atom. The minimum absolute atomic E-state index is 0.0354. The fourth-order valence-electron chi connectivity index (χ4n) is 4.92. The molecule has 36 heavy (non-hydrogen) atoms. The molecule has 2 aromatic carbocycles. The Morgan fingerprint density at radius 1 is 0.917 bits per heavy atom. The molecule has 5 rings (SSSR count). The molecule has 0 unspecified atom stereocenters. The summed E-state index contributed by atoms with van der Waals surface area (Å²) in [5, 5.41) is 0. The number of anilines is 2. The van der Waals surface area contributed by atoms with Crippen molar-refractivity contribution in [2.45, 2.75) is 26.2 Å². The summed E-state index contributed by atoms with van der Waals surface area (Å²) < 4.78 is 19.1. The highest BCUT2D eigenvalue weighted by Crippen LogP contribution is 2.27. The zero-order valence-corrected chi connectivity index (χ0v) is 20.6. The van der Waals surface area contributed by atoms with Crippen molar-refractivity contribution in [3.8, 4) is 11.6 Å². The molecule has 0 atom stereocenters. The van der Waals surface area contributed by atoms with Crippen LogP contribution < -0.4 is 14.5 Å². The van der Waals surface area contributed by atoms with E-state index in [0.29, 0.717) is 19.0 Å². The van der Waals surface area contributed by atoms with Gasteiger partial charge in [-0.05, 0) is 61.2 Å². The molecule has 3 aromatic rings. The Hall–Kier alpha value is -3.68. The lowest BCUT2D eigenvalue weighted by molar-refractivity contribution is -0.136. The number of amides is 1. The summed E-state index contributed by atoms with van der Waals surface area (Å²) in [5.41, 5.74) is 2.26. The van der Waals surface area contributed by atoms with Crippen LogP contribution in [-0.2, 0) is 11.2 Å². The number of carbonyl (C=O) groups excluding carboxylic acids is 1. The van der Waals surface area contributed by atoms with Gasteiger partial charge in [-0.15, -0.1) is 0 Å². The average molecular weight is 490 g/mol. The van der Waals surface area contributed by atoms with E-state index < -0.39 is 0 Å². The largest absolute Gasteiger partial charge is 0.439 e. The van der Waals surface area contributed by atoms with Gasteiger partial charge >= 0.3 is 0 Å². The molecule has 2 fully saturated rings. The third-order valence-corrected chi connectivity index (χ3v) is 7.13. The summed E-state index contributed by atoms with van der Waals surface area (Å²) in [6, 6.07) is 16.5. The highest BCUT2D eigenvalue weighted by Gasteiger charge is 2.31. The van der Waals surface area contributed by atoms with Crippen molar-refractivity contribution in [1.82, 2.24) is 14.9 Å². The Bertz CT molecular complexity index is 1160. The third kappa shape index (κ3) is 5.58. The third-order valence-electron chi connectivity index (χ3n) is 7.13. The molecule has 7 nitrogen and oxygen atoms in total. The molecule has 0 saturated carbocycles. The molecule has 188 valence electrons. The second kappa shape index (κ2) is 10.9. The monoisotopic (exact) mass is 489 g/mol. The summed E-state index contributed by atoms with van der Waals surface area (Å²) in [7, 11) is 0. The molecule has 0 N–H and O–H groups in total. The van der Waals surface area contributed by atoms with Crippen molar-refractivity contribution in [2.24, 2.45) is 5.92 Å². The summed E-state index contributed by atoms with van der Waals surface area (Å²) in [4.78, 5) is 28.3. The van der Waals surface area contributed by atoms with Crippen LogP contribution >= 0.6 is 0 Å². The number of piperidine rings is 1. The van der Waals surface area contributed by atoms with E-state index in [1.54, 1.807) is 12.1 Å². The number of rotatable bonds is 6. The maximum atomic E-state index is 13.2. The lowest BCUT2D eigenvalue weighted by Crippen LogP contribution is -2.51. The minimum atomic E-state index is -0.230. The fraction of sp³-hybridized carbons (Fsp3) is 0.393. The number of hydrogen-bond acceptors (Lipinski definition) is 6. The minimum Gasteiger partial charge on any atom is -0.439 e. The summed E-state index contributed by atoms with van der Waals surface area (Å²) in [6.07, 6.45) is 4.12. The first-order valence-electron chi connectivity index (χ1n) is 12.7. The molecule has 8 heteroatoms. The predicted octanol–water partition coefficient (Wildman–Crippen LogP) is 4.54. The van der Waals surface area contributed by atoms with Crippen molar-refractivity contribution >= 4 is 17.4 Å². The van der Waals surface area contributed by atoms with Crippen molar-refractivity contribution in [1.29, 1.82) is 0 Å². The Balaban J connectivity index is 1.12. The van der Waals surface area contributed by atoms with Gasteiger partial charge in [0.15, 0.2) is 0 Å². The van der Waals surface area contributed by atoms with E-state index >= 15 is 0 Å². The molecule has 2 aliphatic rings. The van der Waals surface area contributed by atoms with E-state index in [-0.39, 0.29) is 17.6 Å². The standard InChI is InChI=1S/C28H32FN5O2/c1-2-21-3-9-25(10-4-21)36-27-19-26(30-20-31-27)33-13-11-22(12-14-33)28(35)34-17-15-32(16-18-34)24-7-5-23(29)6-8-24/h3-10,19-20,22H,2,11-18H2,1H3. The van der Waals surface area contributed by atoms with Crippen LogP contribution in [0.25, 0.3) is 0 Å². The number of halogens is 1. The van der Waals surface area contributed by atoms with Gasteiger partial charge in [0.25, 0.3) is 0 Å². The topological polar surface area (TPSA) is 61.8 Å². The van der Waals surface area contributed by atoms with Crippen LogP contribution in [0.2, 0.25) is 0 Å².